The Morgan fingerprint density at radius 1 is 1.27 bits per heavy atom. The minimum atomic E-state index is -0.501. The number of nitriles is 1. The molecule has 2 aliphatic rings. The fourth-order valence-electron chi connectivity index (χ4n) is 2.53. The highest BCUT2D eigenvalue weighted by Gasteiger charge is 2.52. The monoisotopic (exact) mass is 210 g/mol. The zero-order chi connectivity index (χ0) is 11.1. The van der Waals surface area contributed by atoms with Crippen LogP contribution >= 0.6 is 0 Å². The summed E-state index contributed by atoms with van der Waals surface area (Å²) >= 11 is 0. The van der Waals surface area contributed by atoms with Crippen molar-refractivity contribution in [2.75, 3.05) is 0 Å². The van der Waals surface area contributed by atoms with Gasteiger partial charge in [-0.3, -0.25) is 0 Å². The van der Waals surface area contributed by atoms with E-state index in [1.54, 1.807) is 0 Å². The fourth-order valence-corrected chi connectivity index (χ4v) is 2.53. The molecule has 0 spiro atoms. The molecule has 2 heterocycles. The predicted octanol–water partition coefficient (Wildman–Crippen LogP) is 1.17. The lowest BCUT2D eigenvalue weighted by molar-refractivity contribution is -0.156. The number of hydrogen-bond donors (Lipinski definition) is 1. The topological polar surface area (TPSA) is 54.3 Å². The van der Waals surface area contributed by atoms with Crippen molar-refractivity contribution >= 4 is 0 Å². The van der Waals surface area contributed by atoms with Gasteiger partial charge in [0.05, 0.1) is 12.5 Å². The van der Waals surface area contributed by atoms with Crippen molar-refractivity contribution in [3.63, 3.8) is 0 Å². The van der Waals surface area contributed by atoms with Crippen LogP contribution in [0.1, 0.15) is 33.6 Å². The summed E-state index contributed by atoms with van der Waals surface area (Å²) in [6, 6.07) is 2.63. The quantitative estimate of drug-likeness (QED) is 0.743. The molecule has 84 valence electrons. The molecule has 0 amide bonds. The molecule has 0 aliphatic carbocycles. The van der Waals surface area contributed by atoms with Crippen LogP contribution in [0.25, 0.3) is 0 Å². The fraction of sp³-hybridized carbons (Fsp3) is 0.909. The summed E-state index contributed by atoms with van der Waals surface area (Å²) in [6.45, 7) is 5.99. The van der Waals surface area contributed by atoms with Gasteiger partial charge in [-0.25, -0.2) is 0 Å². The number of hydrogen-bond acceptors (Lipinski definition) is 4. The van der Waals surface area contributed by atoms with Gasteiger partial charge < -0.3 is 14.8 Å². The summed E-state index contributed by atoms with van der Waals surface area (Å²) in [5.74, 6) is -0.501. The Labute approximate surface area is 90.5 Å². The first kappa shape index (κ1) is 10.9. The molecule has 0 radical (unpaired) electrons. The Morgan fingerprint density at radius 2 is 1.87 bits per heavy atom. The molecule has 0 aromatic rings. The molecule has 15 heavy (non-hydrogen) atoms. The van der Waals surface area contributed by atoms with Crippen LogP contribution in [0.3, 0.4) is 0 Å². The molecule has 0 bridgehead atoms. The van der Waals surface area contributed by atoms with Gasteiger partial charge in [0.15, 0.2) is 5.79 Å². The molecule has 2 saturated heterocycles. The summed E-state index contributed by atoms with van der Waals surface area (Å²) in [5, 5.41) is 12.2. The van der Waals surface area contributed by atoms with Crippen LogP contribution in [-0.4, -0.2) is 30.1 Å². The summed E-state index contributed by atoms with van der Waals surface area (Å²) < 4.78 is 11.7. The molecule has 2 rings (SSSR count). The van der Waals surface area contributed by atoms with Crippen molar-refractivity contribution < 1.29 is 9.47 Å². The van der Waals surface area contributed by atoms with Gasteiger partial charge in [0, 0.05) is 12.1 Å². The normalized spacial score (nSPS) is 42.5. The molecule has 0 unspecified atom stereocenters. The minimum Gasteiger partial charge on any atom is -0.343 e. The standard InChI is InChI=1S/C11H18N2O2/c1-4-7-9-10(8(13-7)5-6-12)15-11(2,3)14-9/h7-10,13H,4-5H2,1-3H3/t7-,8+,9-,10+/m1/s1. The maximum atomic E-state index is 8.75. The maximum Gasteiger partial charge on any atom is 0.163 e. The van der Waals surface area contributed by atoms with E-state index < -0.39 is 5.79 Å². The van der Waals surface area contributed by atoms with E-state index in [1.807, 2.05) is 13.8 Å². The number of nitrogens with zero attached hydrogens (tertiary/aromatic N) is 1. The first-order valence-electron chi connectivity index (χ1n) is 5.56. The van der Waals surface area contributed by atoms with E-state index in [0.717, 1.165) is 6.42 Å². The molecule has 4 nitrogen and oxygen atoms in total. The molecule has 2 aliphatic heterocycles. The van der Waals surface area contributed by atoms with Gasteiger partial charge in [-0.05, 0) is 20.3 Å². The van der Waals surface area contributed by atoms with Crippen LogP contribution < -0.4 is 5.32 Å². The van der Waals surface area contributed by atoms with Gasteiger partial charge in [0.2, 0.25) is 0 Å². The number of fused-ring (bicyclic) bond motifs is 1. The molecule has 0 aromatic carbocycles. The first-order chi connectivity index (χ1) is 7.07. The van der Waals surface area contributed by atoms with Crippen LogP contribution in [-0.2, 0) is 9.47 Å². The van der Waals surface area contributed by atoms with E-state index in [2.05, 4.69) is 18.3 Å². The lowest BCUT2D eigenvalue weighted by atomic mass is 10.1. The van der Waals surface area contributed by atoms with E-state index in [9.17, 15) is 0 Å². The predicted molar refractivity (Wildman–Crippen MR) is 55.1 cm³/mol. The van der Waals surface area contributed by atoms with Gasteiger partial charge in [-0.15, -0.1) is 0 Å². The molecule has 0 saturated carbocycles. The molecule has 0 aromatic heterocycles. The molecular weight excluding hydrogens is 192 g/mol. The summed E-state index contributed by atoms with van der Waals surface area (Å²) in [4.78, 5) is 0. The highest BCUT2D eigenvalue weighted by molar-refractivity contribution is 5.05. The van der Waals surface area contributed by atoms with Gasteiger partial charge in [-0.2, -0.15) is 5.26 Å². The summed E-state index contributed by atoms with van der Waals surface area (Å²) in [6.07, 6.45) is 1.62. The third-order valence-electron chi connectivity index (χ3n) is 3.14. The van der Waals surface area contributed by atoms with Crippen LogP contribution in [0.4, 0.5) is 0 Å². The minimum absolute atomic E-state index is 0.0320. The third-order valence-corrected chi connectivity index (χ3v) is 3.14. The Balaban J connectivity index is 2.12. The Hall–Kier alpha value is -0.630. The Morgan fingerprint density at radius 3 is 2.40 bits per heavy atom. The SMILES string of the molecule is CC[C@H]1N[C@@H](CC#N)[C@@H]2OC(C)(C)O[C@@H]21. The van der Waals surface area contributed by atoms with Gasteiger partial charge in [-0.1, -0.05) is 6.92 Å². The zero-order valence-electron chi connectivity index (χ0n) is 9.49. The van der Waals surface area contributed by atoms with Crippen molar-refractivity contribution in [3.8, 4) is 6.07 Å². The van der Waals surface area contributed by atoms with Crippen molar-refractivity contribution in [1.82, 2.24) is 5.32 Å². The van der Waals surface area contributed by atoms with Crippen molar-refractivity contribution in [1.29, 1.82) is 5.26 Å². The molecule has 4 atom stereocenters. The number of ether oxygens (including phenoxy) is 2. The molecule has 4 heteroatoms. The maximum absolute atomic E-state index is 8.75. The highest BCUT2D eigenvalue weighted by Crippen LogP contribution is 2.37. The number of rotatable bonds is 2. The Bertz CT molecular complexity index is 285. The largest absolute Gasteiger partial charge is 0.343 e. The second-order valence-corrected chi connectivity index (χ2v) is 4.71. The van der Waals surface area contributed by atoms with E-state index in [0.29, 0.717) is 12.5 Å². The first-order valence-corrected chi connectivity index (χ1v) is 5.56. The average molecular weight is 210 g/mol. The highest BCUT2D eigenvalue weighted by atomic mass is 16.8. The van der Waals surface area contributed by atoms with Crippen molar-refractivity contribution in [2.24, 2.45) is 0 Å². The smallest absolute Gasteiger partial charge is 0.163 e. The third kappa shape index (κ3) is 1.87. The summed E-state index contributed by atoms with van der Waals surface area (Å²) in [5.41, 5.74) is 0. The van der Waals surface area contributed by atoms with E-state index in [4.69, 9.17) is 14.7 Å². The van der Waals surface area contributed by atoms with Gasteiger partial charge in [0.1, 0.15) is 12.2 Å². The summed E-state index contributed by atoms with van der Waals surface area (Å²) in [7, 11) is 0. The van der Waals surface area contributed by atoms with Gasteiger partial charge in [0.25, 0.3) is 0 Å². The van der Waals surface area contributed by atoms with Crippen LogP contribution in [0, 0.1) is 11.3 Å². The van der Waals surface area contributed by atoms with Crippen molar-refractivity contribution in [3.05, 3.63) is 0 Å². The van der Waals surface area contributed by atoms with E-state index in [-0.39, 0.29) is 18.2 Å². The van der Waals surface area contributed by atoms with Crippen LogP contribution in [0.15, 0.2) is 0 Å². The number of nitrogens with one attached hydrogen (secondary N) is 1. The van der Waals surface area contributed by atoms with Crippen molar-refractivity contribution in [2.45, 2.75) is 63.7 Å². The second-order valence-electron chi connectivity index (χ2n) is 4.71. The van der Waals surface area contributed by atoms with Crippen LogP contribution in [0.2, 0.25) is 0 Å². The lowest BCUT2D eigenvalue weighted by Gasteiger charge is -2.23. The lowest BCUT2D eigenvalue weighted by Crippen LogP contribution is -2.38. The molecule has 2 fully saturated rings. The average Bonchev–Trinajstić information content (AvgIpc) is 2.61. The molecular formula is C11H18N2O2. The molecule has 1 N–H and O–H groups in total. The van der Waals surface area contributed by atoms with Gasteiger partial charge >= 0.3 is 0 Å². The second kappa shape index (κ2) is 3.75. The van der Waals surface area contributed by atoms with E-state index in [1.165, 1.54) is 0 Å². The van der Waals surface area contributed by atoms with Crippen LogP contribution in [0.5, 0.6) is 0 Å². The Kier molecular flexibility index (Phi) is 2.72. The van der Waals surface area contributed by atoms with E-state index >= 15 is 0 Å². The zero-order valence-corrected chi connectivity index (χ0v) is 9.49.